The summed E-state index contributed by atoms with van der Waals surface area (Å²) in [7, 11) is 0. The first-order chi connectivity index (χ1) is 12.1. The van der Waals surface area contributed by atoms with E-state index in [0.29, 0.717) is 15.6 Å². The second kappa shape index (κ2) is 6.59. The number of aryl methyl sites for hydroxylation is 1. The zero-order valence-corrected chi connectivity index (χ0v) is 15.6. The molecular formula is C19H13ClN2OS2. The average molecular weight is 385 g/mol. The van der Waals surface area contributed by atoms with Crippen LogP contribution in [-0.2, 0) is 0 Å². The summed E-state index contributed by atoms with van der Waals surface area (Å²) in [4.78, 5) is 18.6. The fraction of sp³-hybridized carbons (Fsp3) is 0.0526. The minimum absolute atomic E-state index is 0.152. The van der Waals surface area contributed by atoms with Crippen LogP contribution in [0.1, 0.15) is 15.2 Å². The van der Waals surface area contributed by atoms with Crippen LogP contribution in [0, 0.1) is 6.92 Å². The van der Waals surface area contributed by atoms with E-state index in [9.17, 15) is 4.79 Å². The van der Waals surface area contributed by atoms with E-state index in [4.69, 9.17) is 11.6 Å². The van der Waals surface area contributed by atoms with Crippen LogP contribution >= 0.6 is 34.3 Å². The summed E-state index contributed by atoms with van der Waals surface area (Å²) in [5.74, 6) is -0.152. The third kappa shape index (κ3) is 3.18. The number of rotatable bonds is 3. The van der Waals surface area contributed by atoms with Crippen LogP contribution in [0.3, 0.4) is 0 Å². The highest BCUT2D eigenvalue weighted by Crippen LogP contribution is 2.34. The van der Waals surface area contributed by atoms with Gasteiger partial charge in [0, 0.05) is 4.88 Å². The summed E-state index contributed by atoms with van der Waals surface area (Å²) in [6, 6.07) is 15.3. The number of para-hydroxylation sites is 1. The number of hydrogen-bond donors (Lipinski definition) is 1. The Morgan fingerprint density at radius 2 is 2.00 bits per heavy atom. The molecule has 0 aliphatic heterocycles. The maximum atomic E-state index is 12.5. The summed E-state index contributed by atoms with van der Waals surface area (Å²) in [6.45, 7) is 2.07. The highest BCUT2D eigenvalue weighted by Gasteiger charge is 2.14. The number of nitrogens with one attached hydrogen (secondary N) is 1. The van der Waals surface area contributed by atoms with Gasteiger partial charge in [-0.2, -0.15) is 0 Å². The molecule has 2 aromatic carbocycles. The molecule has 4 rings (SSSR count). The molecule has 1 amide bonds. The van der Waals surface area contributed by atoms with Crippen molar-refractivity contribution < 1.29 is 4.79 Å². The van der Waals surface area contributed by atoms with Gasteiger partial charge in [0.15, 0.2) is 0 Å². The lowest BCUT2D eigenvalue weighted by Gasteiger charge is -2.05. The van der Waals surface area contributed by atoms with Crippen molar-refractivity contribution in [1.82, 2.24) is 4.98 Å². The van der Waals surface area contributed by atoms with Crippen molar-refractivity contribution in [1.29, 1.82) is 0 Å². The number of thiazole rings is 1. The number of nitrogens with zero attached hydrogens (tertiary/aromatic N) is 1. The first-order valence-electron chi connectivity index (χ1n) is 7.62. The van der Waals surface area contributed by atoms with Crippen LogP contribution in [-0.4, -0.2) is 10.9 Å². The summed E-state index contributed by atoms with van der Waals surface area (Å²) in [6.07, 6.45) is 0. The van der Waals surface area contributed by atoms with Gasteiger partial charge in [-0.05, 0) is 54.4 Å². The number of anilines is 1. The molecular weight excluding hydrogens is 372 g/mol. The Bertz CT molecular complexity index is 1080. The molecule has 0 aliphatic rings. The molecule has 0 atom stereocenters. The molecule has 0 fully saturated rings. The molecule has 0 bridgehead atoms. The number of benzene rings is 2. The van der Waals surface area contributed by atoms with E-state index in [1.807, 2.05) is 29.8 Å². The highest BCUT2D eigenvalue weighted by atomic mass is 35.5. The predicted molar refractivity (Wildman–Crippen MR) is 107 cm³/mol. The molecule has 6 heteroatoms. The summed E-state index contributed by atoms with van der Waals surface area (Å²) >= 11 is 9.20. The van der Waals surface area contributed by atoms with Crippen molar-refractivity contribution in [2.45, 2.75) is 6.92 Å². The molecule has 124 valence electrons. The molecule has 0 radical (unpaired) electrons. The standard InChI is InChI=1S/C19H13ClN2OS2/c1-11-8-15-18(24-10-21-15)9-12(11)16-6-7-17(25-16)19(23)22-14-5-3-2-4-13(14)20/h2-10H,1H3,(H,22,23). The number of aromatic nitrogens is 1. The molecule has 1 N–H and O–H groups in total. The fourth-order valence-corrected chi connectivity index (χ4v) is 4.49. The lowest BCUT2D eigenvalue weighted by atomic mass is 10.1. The quantitative estimate of drug-likeness (QED) is 0.454. The Morgan fingerprint density at radius 3 is 2.84 bits per heavy atom. The molecule has 0 saturated heterocycles. The smallest absolute Gasteiger partial charge is 0.265 e. The van der Waals surface area contributed by atoms with Gasteiger partial charge in [0.25, 0.3) is 5.91 Å². The lowest BCUT2D eigenvalue weighted by Crippen LogP contribution is -2.10. The Morgan fingerprint density at radius 1 is 1.16 bits per heavy atom. The average Bonchev–Trinajstić information content (AvgIpc) is 3.24. The molecule has 3 nitrogen and oxygen atoms in total. The van der Waals surface area contributed by atoms with Gasteiger partial charge in [-0.3, -0.25) is 4.79 Å². The molecule has 0 unspecified atom stereocenters. The van der Waals surface area contributed by atoms with E-state index in [2.05, 4.69) is 29.4 Å². The number of amides is 1. The van der Waals surface area contributed by atoms with Crippen LogP contribution in [0.2, 0.25) is 5.02 Å². The van der Waals surface area contributed by atoms with Gasteiger partial charge in [0.1, 0.15) is 0 Å². The van der Waals surface area contributed by atoms with Crippen LogP contribution in [0.4, 0.5) is 5.69 Å². The third-order valence-corrected chi connectivity index (χ3v) is 6.13. The summed E-state index contributed by atoms with van der Waals surface area (Å²) in [5, 5.41) is 3.39. The molecule has 0 saturated carbocycles. The lowest BCUT2D eigenvalue weighted by molar-refractivity contribution is 0.103. The highest BCUT2D eigenvalue weighted by molar-refractivity contribution is 7.18. The van der Waals surface area contributed by atoms with E-state index >= 15 is 0 Å². The normalized spacial score (nSPS) is 11.0. The summed E-state index contributed by atoms with van der Waals surface area (Å²) in [5.41, 5.74) is 5.77. The van der Waals surface area contributed by atoms with Gasteiger partial charge >= 0.3 is 0 Å². The number of hydrogen-bond acceptors (Lipinski definition) is 4. The number of halogens is 1. The Kier molecular flexibility index (Phi) is 4.29. The first kappa shape index (κ1) is 16.3. The topological polar surface area (TPSA) is 42.0 Å². The molecule has 0 spiro atoms. The minimum Gasteiger partial charge on any atom is -0.320 e. The van der Waals surface area contributed by atoms with Gasteiger partial charge in [0.2, 0.25) is 0 Å². The Hall–Kier alpha value is -2.21. The third-order valence-electron chi connectivity index (χ3n) is 3.89. The van der Waals surface area contributed by atoms with Crippen molar-refractivity contribution in [3.05, 3.63) is 69.5 Å². The molecule has 2 heterocycles. The van der Waals surface area contributed by atoms with Crippen LogP contribution < -0.4 is 5.32 Å². The number of carbonyl (C=O) groups is 1. The van der Waals surface area contributed by atoms with Gasteiger partial charge in [-0.25, -0.2) is 4.98 Å². The van der Waals surface area contributed by atoms with Crippen molar-refractivity contribution in [3.8, 4) is 10.4 Å². The van der Waals surface area contributed by atoms with Crippen molar-refractivity contribution in [2.24, 2.45) is 0 Å². The largest absolute Gasteiger partial charge is 0.320 e. The van der Waals surface area contributed by atoms with Gasteiger partial charge in [-0.15, -0.1) is 22.7 Å². The number of fused-ring (bicyclic) bond motifs is 1. The van der Waals surface area contributed by atoms with Gasteiger partial charge < -0.3 is 5.32 Å². The van der Waals surface area contributed by atoms with E-state index in [0.717, 1.165) is 26.2 Å². The van der Waals surface area contributed by atoms with Crippen molar-refractivity contribution in [3.63, 3.8) is 0 Å². The molecule has 2 aromatic heterocycles. The molecule has 0 aliphatic carbocycles. The maximum absolute atomic E-state index is 12.5. The van der Waals surface area contributed by atoms with E-state index in [1.165, 1.54) is 11.3 Å². The SMILES string of the molecule is Cc1cc2ncsc2cc1-c1ccc(C(=O)Nc2ccccc2Cl)s1. The van der Waals surface area contributed by atoms with Gasteiger partial charge in [0.05, 0.1) is 31.3 Å². The fourth-order valence-electron chi connectivity index (χ4n) is 2.62. The predicted octanol–water partition coefficient (Wildman–Crippen LogP) is 6.24. The van der Waals surface area contributed by atoms with Crippen molar-refractivity contribution in [2.75, 3.05) is 5.32 Å². The summed E-state index contributed by atoms with van der Waals surface area (Å²) < 4.78 is 1.15. The van der Waals surface area contributed by atoms with Crippen LogP contribution in [0.25, 0.3) is 20.7 Å². The molecule has 25 heavy (non-hydrogen) atoms. The monoisotopic (exact) mass is 384 g/mol. The van der Waals surface area contributed by atoms with Gasteiger partial charge in [-0.1, -0.05) is 23.7 Å². The zero-order valence-electron chi connectivity index (χ0n) is 13.2. The Balaban J connectivity index is 1.64. The van der Waals surface area contributed by atoms with E-state index in [1.54, 1.807) is 23.5 Å². The number of thiophene rings is 1. The van der Waals surface area contributed by atoms with E-state index in [-0.39, 0.29) is 5.91 Å². The maximum Gasteiger partial charge on any atom is 0.265 e. The first-order valence-corrected chi connectivity index (χ1v) is 9.69. The van der Waals surface area contributed by atoms with E-state index < -0.39 is 0 Å². The van der Waals surface area contributed by atoms with Crippen LogP contribution in [0.5, 0.6) is 0 Å². The molecule has 4 aromatic rings. The minimum atomic E-state index is -0.152. The zero-order chi connectivity index (χ0) is 17.4. The van der Waals surface area contributed by atoms with Crippen LogP contribution in [0.15, 0.2) is 54.0 Å². The Labute approximate surface area is 157 Å². The van der Waals surface area contributed by atoms with Crippen molar-refractivity contribution >= 4 is 56.1 Å². The number of carbonyl (C=O) groups excluding carboxylic acids is 1. The second-order valence-corrected chi connectivity index (χ2v) is 7.96. The second-order valence-electron chi connectivity index (χ2n) is 5.59.